The number of nitrogens with zero attached hydrogens (tertiary/aromatic N) is 2. The predicted octanol–water partition coefficient (Wildman–Crippen LogP) is 4.67. The number of rotatable bonds is 6. The first-order valence-corrected chi connectivity index (χ1v) is 8.58. The van der Waals surface area contributed by atoms with Crippen molar-refractivity contribution < 1.29 is 9.47 Å². The Morgan fingerprint density at radius 3 is 2.27 bits per heavy atom. The lowest BCUT2D eigenvalue weighted by Crippen LogP contribution is -2.08. The summed E-state index contributed by atoms with van der Waals surface area (Å²) in [4.78, 5) is 4.77. The number of aromatic nitrogens is 2. The second-order valence-electron chi connectivity index (χ2n) is 6.05. The third-order valence-corrected chi connectivity index (χ3v) is 4.34. The molecule has 0 radical (unpaired) electrons. The highest BCUT2D eigenvalue weighted by molar-refractivity contribution is 5.76. The van der Waals surface area contributed by atoms with Crippen molar-refractivity contribution in [2.45, 2.75) is 13.2 Å². The van der Waals surface area contributed by atoms with Gasteiger partial charge in [-0.25, -0.2) is 4.98 Å². The lowest BCUT2D eigenvalue weighted by molar-refractivity contribution is 0.290. The molecule has 0 N–H and O–H groups in total. The first kappa shape index (κ1) is 16.2. The van der Waals surface area contributed by atoms with E-state index in [1.807, 2.05) is 48.5 Å². The van der Waals surface area contributed by atoms with Crippen molar-refractivity contribution in [3.8, 4) is 11.5 Å². The van der Waals surface area contributed by atoms with E-state index in [2.05, 4.69) is 34.9 Å². The van der Waals surface area contributed by atoms with Crippen LogP contribution < -0.4 is 9.47 Å². The summed E-state index contributed by atoms with van der Waals surface area (Å²) in [6.07, 6.45) is 0. The normalized spacial score (nSPS) is 10.8. The van der Waals surface area contributed by atoms with E-state index >= 15 is 0 Å². The molecule has 0 unspecified atom stereocenters. The second kappa shape index (κ2) is 7.31. The van der Waals surface area contributed by atoms with Gasteiger partial charge < -0.3 is 14.0 Å². The fraction of sp³-hybridized carbons (Fsp3) is 0.136. The average molecular weight is 344 g/mol. The highest BCUT2D eigenvalue weighted by Gasteiger charge is 2.11. The van der Waals surface area contributed by atoms with E-state index in [0.717, 1.165) is 34.9 Å². The van der Waals surface area contributed by atoms with Crippen LogP contribution in [0.3, 0.4) is 0 Å². The van der Waals surface area contributed by atoms with Crippen molar-refractivity contribution in [2.75, 3.05) is 7.11 Å². The highest BCUT2D eigenvalue weighted by Crippen LogP contribution is 2.21. The zero-order valence-electron chi connectivity index (χ0n) is 14.6. The smallest absolute Gasteiger partial charge is 0.148 e. The van der Waals surface area contributed by atoms with Gasteiger partial charge >= 0.3 is 0 Å². The van der Waals surface area contributed by atoms with Crippen LogP contribution >= 0.6 is 0 Å². The zero-order chi connectivity index (χ0) is 17.8. The van der Waals surface area contributed by atoms with Gasteiger partial charge in [-0.1, -0.05) is 42.5 Å². The number of ether oxygens (including phenoxy) is 2. The lowest BCUT2D eigenvalue weighted by atomic mass is 10.2. The quantitative estimate of drug-likeness (QED) is 0.510. The Morgan fingerprint density at radius 2 is 1.50 bits per heavy atom. The summed E-state index contributed by atoms with van der Waals surface area (Å²) < 4.78 is 13.4. The molecule has 0 saturated carbocycles. The third-order valence-electron chi connectivity index (χ3n) is 4.34. The largest absolute Gasteiger partial charge is 0.497 e. The molecular formula is C22H20N2O2. The van der Waals surface area contributed by atoms with Crippen LogP contribution in [0.1, 0.15) is 11.4 Å². The van der Waals surface area contributed by atoms with E-state index in [4.69, 9.17) is 14.5 Å². The summed E-state index contributed by atoms with van der Waals surface area (Å²) >= 11 is 0. The van der Waals surface area contributed by atoms with E-state index in [0.29, 0.717) is 6.61 Å². The van der Waals surface area contributed by atoms with Gasteiger partial charge in [0.05, 0.1) is 18.1 Å². The molecule has 0 amide bonds. The minimum absolute atomic E-state index is 0.411. The Morgan fingerprint density at radius 1 is 0.808 bits per heavy atom. The summed E-state index contributed by atoms with van der Waals surface area (Å²) in [6, 6.07) is 26.2. The molecule has 4 nitrogen and oxygen atoms in total. The summed E-state index contributed by atoms with van der Waals surface area (Å²) in [5.74, 6) is 2.52. The molecule has 130 valence electrons. The van der Waals surface area contributed by atoms with Crippen molar-refractivity contribution >= 4 is 11.0 Å². The van der Waals surface area contributed by atoms with Gasteiger partial charge in [-0.3, -0.25) is 0 Å². The third kappa shape index (κ3) is 3.40. The maximum Gasteiger partial charge on any atom is 0.148 e. The number of benzene rings is 3. The molecule has 4 heteroatoms. The Balaban J connectivity index is 1.61. The Hall–Kier alpha value is -3.27. The van der Waals surface area contributed by atoms with Crippen LogP contribution in [0, 0.1) is 0 Å². The van der Waals surface area contributed by atoms with Crippen LogP contribution in [0.25, 0.3) is 11.0 Å². The summed E-state index contributed by atoms with van der Waals surface area (Å²) in [5.41, 5.74) is 3.34. The number of hydrogen-bond donors (Lipinski definition) is 0. The first-order valence-electron chi connectivity index (χ1n) is 8.58. The fourth-order valence-electron chi connectivity index (χ4n) is 3.00. The predicted molar refractivity (Wildman–Crippen MR) is 103 cm³/mol. The minimum Gasteiger partial charge on any atom is -0.497 e. The van der Waals surface area contributed by atoms with Gasteiger partial charge in [-0.15, -0.1) is 0 Å². The molecule has 0 aliphatic heterocycles. The zero-order valence-corrected chi connectivity index (χ0v) is 14.6. The van der Waals surface area contributed by atoms with Gasteiger partial charge in [0.25, 0.3) is 0 Å². The van der Waals surface area contributed by atoms with Gasteiger partial charge in [0, 0.05) is 6.54 Å². The van der Waals surface area contributed by atoms with Crippen LogP contribution in [0.5, 0.6) is 11.5 Å². The summed E-state index contributed by atoms with van der Waals surface area (Å²) in [5, 5.41) is 0. The maximum atomic E-state index is 5.96. The van der Waals surface area contributed by atoms with E-state index < -0.39 is 0 Å². The van der Waals surface area contributed by atoms with Crippen molar-refractivity contribution in [2.24, 2.45) is 0 Å². The average Bonchev–Trinajstić information content (AvgIpc) is 3.05. The Bertz CT molecular complexity index is 992. The molecule has 0 saturated heterocycles. The van der Waals surface area contributed by atoms with Gasteiger partial charge in [-0.2, -0.15) is 0 Å². The summed E-state index contributed by atoms with van der Waals surface area (Å²) in [6.45, 7) is 1.18. The van der Waals surface area contributed by atoms with Crippen LogP contribution in [-0.4, -0.2) is 16.7 Å². The van der Waals surface area contributed by atoms with Gasteiger partial charge in [0.1, 0.15) is 23.9 Å². The van der Waals surface area contributed by atoms with E-state index in [9.17, 15) is 0 Å². The van der Waals surface area contributed by atoms with Crippen molar-refractivity contribution in [1.82, 2.24) is 9.55 Å². The van der Waals surface area contributed by atoms with Crippen LogP contribution in [0.15, 0.2) is 78.9 Å². The van der Waals surface area contributed by atoms with E-state index in [-0.39, 0.29) is 0 Å². The topological polar surface area (TPSA) is 36.3 Å². The van der Waals surface area contributed by atoms with Crippen molar-refractivity contribution in [3.05, 3.63) is 90.3 Å². The Labute approximate surface area is 152 Å². The van der Waals surface area contributed by atoms with Crippen LogP contribution in [0.2, 0.25) is 0 Å². The second-order valence-corrected chi connectivity index (χ2v) is 6.05. The molecule has 1 aromatic heterocycles. The molecule has 0 bridgehead atoms. The van der Waals surface area contributed by atoms with Gasteiger partial charge in [-0.05, 0) is 42.0 Å². The number of methoxy groups -OCH3 is 1. The molecule has 0 fully saturated rings. The molecule has 0 aliphatic rings. The van der Waals surface area contributed by atoms with Crippen LogP contribution in [-0.2, 0) is 13.2 Å². The Kier molecular flexibility index (Phi) is 4.56. The molecule has 4 rings (SSSR count). The van der Waals surface area contributed by atoms with E-state index in [1.165, 1.54) is 5.56 Å². The molecule has 0 spiro atoms. The van der Waals surface area contributed by atoms with Gasteiger partial charge in [0.2, 0.25) is 0 Å². The summed E-state index contributed by atoms with van der Waals surface area (Å²) in [7, 11) is 1.65. The molecule has 26 heavy (non-hydrogen) atoms. The van der Waals surface area contributed by atoms with Gasteiger partial charge in [0.15, 0.2) is 0 Å². The highest BCUT2D eigenvalue weighted by atomic mass is 16.5. The first-order chi connectivity index (χ1) is 12.8. The lowest BCUT2D eigenvalue weighted by Gasteiger charge is -2.11. The van der Waals surface area contributed by atoms with E-state index in [1.54, 1.807) is 7.11 Å². The fourth-order valence-corrected chi connectivity index (χ4v) is 3.00. The molecule has 0 atom stereocenters. The monoisotopic (exact) mass is 344 g/mol. The molecule has 4 aromatic rings. The molecular weight excluding hydrogens is 324 g/mol. The number of fused-ring (bicyclic) bond motifs is 1. The van der Waals surface area contributed by atoms with Crippen molar-refractivity contribution in [3.63, 3.8) is 0 Å². The number of hydrogen-bond acceptors (Lipinski definition) is 3. The minimum atomic E-state index is 0.411. The van der Waals surface area contributed by atoms with Crippen molar-refractivity contribution in [1.29, 1.82) is 0 Å². The number of para-hydroxylation sites is 2. The molecule has 1 heterocycles. The SMILES string of the molecule is COc1ccc(OCc2nc3ccccc3n2Cc2ccccc2)cc1. The molecule has 0 aliphatic carbocycles. The maximum absolute atomic E-state index is 5.96. The standard InChI is InChI=1S/C22H20N2O2/c1-25-18-11-13-19(14-12-18)26-16-22-23-20-9-5-6-10-21(20)24(22)15-17-7-3-2-4-8-17/h2-14H,15-16H2,1H3. The van der Waals surface area contributed by atoms with Crippen LogP contribution in [0.4, 0.5) is 0 Å². The number of imidazole rings is 1. The molecule has 3 aromatic carbocycles.